The molecule has 2 fully saturated rings. The van der Waals surface area contributed by atoms with Crippen LogP contribution in [0.1, 0.15) is 51.5 Å². The van der Waals surface area contributed by atoms with Crippen LogP contribution in [0.3, 0.4) is 0 Å². The van der Waals surface area contributed by atoms with Crippen LogP contribution in [0.2, 0.25) is 0 Å². The van der Waals surface area contributed by atoms with Gasteiger partial charge in [-0.25, -0.2) is 9.97 Å². The van der Waals surface area contributed by atoms with E-state index in [2.05, 4.69) is 34.0 Å². The lowest BCUT2D eigenvalue weighted by Crippen LogP contribution is -2.42. The third-order valence-corrected chi connectivity index (χ3v) is 5.21. The van der Waals surface area contributed by atoms with Crippen molar-refractivity contribution >= 4 is 11.6 Å². The van der Waals surface area contributed by atoms with E-state index in [0.717, 1.165) is 37.2 Å². The summed E-state index contributed by atoms with van der Waals surface area (Å²) in [6, 6.07) is 0. The Labute approximate surface area is 128 Å². The molecular formula is C17H28N4. The quantitative estimate of drug-likeness (QED) is 0.921. The number of aromatic nitrogens is 2. The number of anilines is 2. The molecule has 21 heavy (non-hydrogen) atoms. The van der Waals surface area contributed by atoms with Gasteiger partial charge in [-0.15, -0.1) is 0 Å². The van der Waals surface area contributed by atoms with Gasteiger partial charge in [-0.2, -0.15) is 0 Å². The third-order valence-electron chi connectivity index (χ3n) is 5.21. The Morgan fingerprint density at radius 1 is 1.14 bits per heavy atom. The van der Waals surface area contributed by atoms with Crippen molar-refractivity contribution in [1.82, 2.24) is 9.97 Å². The monoisotopic (exact) mass is 288 g/mol. The lowest BCUT2D eigenvalue weighted by molar-refractivity contribution is 0.202. The fraction of sp³-hybridized carbons (Fsp3) is 0.765. The van der Waals surface area contributed by atoms with E-state index in [4.69, 9.17) is 0 Å². The largest absolute Gasteiger partial charge is 0.370 e. The van der Waals surface area contributed by atoms with Gasteiger partial charge in [-0.1, -0.05) is 26.2 Å². The highest BCUT2D eigenvalue weighted by atomic mass is 15.2. The highest BCUT2D eigenvalue weighted by molar-refractivity contribution is 5.59. The normalized spacial score (nSPS) is 25.5. The lowest BCUT2D eigenvalue weighted by atomic mass is 9.75. The molecule has 1 N–H and O–H groups in total. The van der Waals surface area contributed by atoms with Gasteiger partial charge in [0, 0.05) is 25.2 Å². The van der Waals surface area contributed by atoms with Crippen molar-refractivity contribution < 1.29 is 0 Å². The summed E-state index contributed by atoms with van der Waals surface area (Å²) in [4.78, 5) is 11.6. The number of nitrogens with zero attached hydrogens (tertiary/aromatic N) is 3. The molecule has 1 saturated carbocycles. The fourth-order valence-corrected chi connectivity index (χ4v) is 4.11. The van der Waals surface area contributed by atoms with Gasteiger partial charge in [0.2, 0.25) is 0 Å². The Morgan fingerprint density at radius 3 is 2.71 bits per heavy atom. The summed E-state index contributed by atoms with van der Waals surface area (Å²) in [7, 11) is 0. The number of rotatable bonds is 4. The van der Waals surface area contributed by atoms with Crippen molar-refractivity contribution in [2.24, 2.45) is 11.8 Å². The van der Waals surface area contributed by atoms with E-state index < -0.39 is 0 Å². The van der Waals surface area contributed by atoms with Crippen molar-refractivity contribution in [1.29, 1.82) is 0 Å². The molecule has 2 aliphatic rings. The van der Waals surface area contributed by atoms with Gasteiger partial charge < -0.3 is 10.2 Å². The Morgan fingerprint density at radius 2 is 1.95 bits per heavy atom. The highest BCUT2D eigenvalue weighted by Gasteiger charge is 2.32. The zero-order chi connectivity index (χ0) is 14.7. The van der Waals surface area contributed by atoms with Gasteiger partial charge in [0.25, 0.3) is 0 Å². The second-order valence-corrected chi connectivity index (χ2v) is 6.45. The van der Waals surface area contributed by atoms with Crippen molar-refractivity contribution in [3.63, 3.8) is 0 Å². The topological polar surface area (TPSA) is 41.1 Å². The van der Waals surface area contributed by atoms with Crippen LogP contribution in [0.25, 0.3) is 0 Å². The standard InChI is InChI=1S/C17H28N4/c1-3-15-16(18-4-2)19-12-20-17(15)21-10-9-13-7-5-6-8-14(13)11-21/h12-14H,3-11H2,1-2H3,(H,18,19,20). The maximum Gasteiger partial charge on any atom is 0.137 e. The Kier molecular flexibility index (Phi) is 4.61. The molecular weight excluding hydrogens is 260 g/mol. The Hall–Kier alpha value is -1.32. The highest BCUT2D eigenvalue weighted by Crippen LogP contribution is 2.38. The first-order valence-corrected chi connectivity index (χ1v) is 8.66. The van der Waals surface area contributed by atoms with Crippen LogP contribution in [0.5, 0.6) is 0 Å². The number of piperidine rings is 1. The summed E-state index contributed by atoms with van der Waals surface area (Å²) in [6.45, 7) is 7.59. The van der Waals surface area contributed by atoms with Crippen LogP contribution in [-0.4, -0.2) is 29.6 Å². The molecule has 1 aromatic rings. The molecule has 0 aromatic carbocycles. The molecule has 2 heterocycles. The molecule has 0 spiro atoms. The van der Waals surface area contributed by atoms with E-state index in [0.29, 0.717) is 0 Å². The maximum absolute atomic E-state index is 4.63. The lowest BCUT2D eigenvalue weighted by Gasteiger charge is -2.42. The summed E-state index contributed by atoms with van der Waals surface area (Å²) in [5, 5.41) is 3.39. The molecule has 0 amide bonds. The van der Waals surface area contributed by atoms with Crippen LogP contribution in [0, 0.1) is 11.8 Å². The number of nitrogens with one attached hydrogen (secondary N) is 1. The van der Waals surface area contributed by atoms with E-state index in [1.807, 2.05) is 0 Å². The van der Waals surface area contributed by atoms with Crippen LogP contribution in [0.15, 0.2) is 6.33 Å². The molecule has 4 heteroatoms. The maximum atomic E-state index is 4.63. The molecule has 116 valence electrons. The van der Waals surface area contributed by atoms with Gasteiger partial charge >= 0.3 is 0 Å². The minimum atomic E-state index is 0.884. The average Bonchev–Trinajstić information content (AvgIpc) is 2.54. The predicted octanol–water partition coefficient (Wildman–Crippen LogP) is 3.49. The molecule has 0 radical (unpaired) electrons. The number of hydrogen-bond donors (Lipinski definition) is 1. The van der Waals surface area contributed by atoms with Crippen LogP contribution < -0.4 is 10.2 Å². The minimum absolute atomic E-state index is 0.884. The molecule has 1 aliphatic carbocycles. The molecule has 1 saturated heterocycles. The molecule has 2 atom stereocenters. The SMILES string of the molecule is CCNc1ncnc(N2CCC3CCCCC3C2)c1CC. The van der Waals surface area contributed by atoms with Crippen molar-refractivity contribution in [2.45, 2.75) is 52.4 Å². The van der Waals surface area contributed by atoms with E-state index in [-0.39, 0.29) is 0 Å². The zero-order valence-corrected chi connectivity index (χ0v) is 13.4. The van der Waals surface area contributed by atoms with Gasteiger partial charge in [-0.05, 0) is 38.0 Å². The summed E-state index contributed by atoms with van der Waals surface area (Å²) < 4.78 is 0. The van der Waals surface area contributed by atoms with Crippen LogP contribution in [-0.2, 0) is 6.42 Å². The van der Waals surface area contributed by atoms with Gasteiger partial charge in [0.05, 0.1) is 0 Å². The summed E-state index contributed by atoms with van der Waals surface area (Å²) >= 11 is 0. The van der Waals surface area contributed by atoms with E-state index in [9.17, 15) is 0 Å². The third kappa shape index (κ3) is 2.99. The first kappa shape index (κ1) is 14.6. The van der Waals surface area contributed by atoms with Crippen molar-refractivity contribution in [3.8, 4) is 0 Å². The molecule has 2 unspecified atom stereocenters. The molecule has 1 aromatic heterocycles. The zero-order valence-electron chi connectivity index (χ0n) is 13.4. The van der Waals surface area contributed by atoms with Crippen LogP contribution >= 0.6 is 0 Å². The van der Waals surface area contributed by atoms with Crippen LogP contribution in [0.4, 0.5) is 11.6 Å². The van der Waals surface area contributed by atoms with Gasteiger partial charge in [-0.3, -0.25) is 0 Å². The first-order chi connectivity index (χ1) is 10.3. The second-order valence-electron chi connectivity index (χ2n) is 6.45. The Bertz CT molecular complexity index is 474. The number of hydrogen-bond acceptors (Lipinski definition) is 4. The second kappa shape index (κ2) is 6.63. The summed E-state index contributed by atoms with van der Waals surface area (Å²) in [5.74, 6) is 4.05. The molecule has 3 rings (SSSR count). The summed E-state index contributed by atoms with van der Waals surface area (Å²) in [6.07, 6.45) is 9.78. The minimum Gasteiger partial charge on any atom is -0.370 e. The van der Waals surface area contributed by atoms with E-state index in [1.54, 1.807) is 6.33 Å². The van der Waals surface area contributed by atoms with E-state index in [1.165, 1.54) is 50.0 Å². The molecule has 0 bridgehead atoms. The molecule has 4 nitrogen and oxygen atoms in total. The summed E-state index contributed by atoms with van der Waals surface area (Å²) in [5.41, 5.74) is 1.29. The van der Waals surface area contributed by atoms with Gasteiger partial charge in [0.15, 0.2) is 0 Å². The predicted molar refractivity (Wildman–Crippen MR) is 87.9 cm³/mol. The average molecular weight is 288 g/mol. The fourth-order valence-electron chi connectivity index (χ4n) is 4.11. The smallest absolute Gasteiger partial charge is 0.137 e. The molecule has 1 aliphatic heterocycles. The van der Waals surface area contributed by atoms with E-state index >= 15 is 0 Å². The van der Waals surface area contributed by atoms with Crippen molar-refractivity contribution in [3.05, 3.63) is 11.9 Å². The Balaban J connectivity index is 1.81. The number of fused-ring (bicyclic) bond motifs is 1. The van der Waals surface area contributed by atoms with Crippen molar-refractivity contribution in [2.75, 3.05) is 29.9 Å². The first-order valence-electron chi connectivity index (χ1n) is 8.66. The van der Waals surface area contributed by atoms with Gasteiger partial charge in [0.1, 0.15) is 18.0 Å².